The highest BCUT2D eigenvalue weighted by atomic mass is 16.5. The molecule has 2 aromatic carbocycles. The van der Waals surface area contributed by atoms with Gasteiger partial charge in [0.25, 0.3) is 5.91 Å². The van der Waals surface area contributed by atoms with Gasteiger partial charge in [0.2, 0.25) is 0 Å². The summed E-state index contributed by atoms with van der Waals surface area (Å²) < 4.78 is 10.8. The lowest BCUT2D eigenvalue weighted by molar-refractivity contribution is -0.123. The molecule has 150 valence electrons. The normalized spacial score (nSPS) is 17.1. The molecule has 0 bridgehead atoms. The van der Waals surface area contributed by atoms with Gasteiger partial charge < -0.3 is 14.8 Å². The Morgan fingerprint density at radius 1 is 1.07 bits per heavy atom. The predicted molar refractivity (Wildman–Crippen MR) is 111 cm³/mol. The number of nitrogens with one attached hydrogen (secondary N) is 1. The summed E-state index contributed by atoms with van der Waals surface area (Å²) in [4.78, 5) is 14.8. The van der Waals surface area contributed by atoms with Gasteiger partial charge >= 0.3 is 0 Å². The molecule has 5 nitrogen and oxygen atoms in total. The Kier molecular flexibility index (Phi) is 7.31. The Bertz CT molecular complexity index is 778. The minimum Gasteiger partial charge on any atom is -0.493 e. The molecule has 1 aliphatic rings. The lowest BCUT2D eigenvalue weighted by Gasteiger charge is -2.33. The van der Waals surface area contributed by atoms with Crippen molar-refractivity contribution in [1.29, 1.82) is 0 Å². The number of piperidine rings is 1. The molecule has 1 saturated heterocycles. The molecule has 0 saturated carbocycles. The van der Waals surface area contributed by atoms with Gasteiger partial charge in [0.1, 0.15) is 0 Å². The number of nitrogens with zero attached hydrogens (tertiary/aromatic N) is 1. The average molecular weight is 383 g/mol. The summed E-state index contributed by atoms with van der Waals surface area (Å²) >= 11 is 0. The molecule has 0 aromatic heterocycles. The first kappa shape index (κ1) is 20.2. The molecular weight excluding hydrogens is 352 g/mol. The molecule has 1 fully saturated rings. The number of amides is 1. The van der Waals surface area contributed by atoms with E-state index in [1.165, 1.54) is 24.8 Å². The van der Waals surface area contributed by atoms with Crippen LogP contribution < -0.4 is 14.8 Å². The Labute approximate surface area is 167 Å². The Balaban J connectivity index is 1.53. The van der Waals surface area contributed by atoms with E-state index in [1.807, 2.05) is 24.3 Å². The third kappa shape index (κ3) is 5.49. The quantitative estimate of drug-likeness (QED) is 0.755. The summed E-state index contributed by atoms with van der Waals surface area (Å²) in [7, 11) is 1.59. The Morgan fingerprint density at radius 3 is 2.54 bits per heavy atom. The van der Waals surface area contributed by atoms with Gasteiger partial charge in [0.05, 0.1) is 7.11 Å². The van der Waals surface area contributed by atoms with Gasteiger partial charge in [0, 0.05) is 19.1 Å². The minimum absolute atomic E-state index is 0.0360. The second-order valence-electron chi connectivity index (χ2n) is 7.30. The molecule has 5 heteroatoms. The van der Waals surface area contributed by atoms with E-state index in [4.69, 9.17) is 9.47 Å². The first-order valence-electron chi connectivity index (χ1n) is 10.0. The molecule has 0 spiro atoms. The summed E-state index contributed by atoms with van der Waals surface area (Å²) in [5.74, 6) is 1.04. The molecule has 1 atom stereocenters. The predicted octanol–water partition coefficient (Wildman–Crippen LogP) is 3.76. The van der Waals surface area contributed by atoms with Gasteiger partial charge in [-0.3, -0.25) is 9.69 Å². The van der Waals surface area contributed by atoms with Crippen molar-refractivity contribution in [3.8, 4) is 11.5 Å². The van der Waals surface area contributed by atoms with E-state index >= 15 is 0 Å². The maximum Gasteiger partial charge on any atom is 0.258 e. The summed E-state index contributed by atoms with van der Waals surface area (Å²) in [5.41, 5.74) is 2.44. The molecule has 1 unspecified atom stereocenters. The van der Waals surface area contributed by atoms with Crippen LogP contribution in [-0.2, 0) is 17.9 Å². The number of hydrogen-bond acceptors (Lipinski definition) is 4. The van der Waals surface area contributed by atoms with E-state index in [0.717, 1.165) is 18.7 Å². The van der Waals surface area contributed by atoms with Crippen LogP contribution in [0.1, 0.15) is 37.3 Å². The summed E-state index contributed by atoms with van der Waals surface area (Å²) in [6.45, 7) is 4.86. The fourth-order valence-electron chi connectivity index (χ4n) is 3.62. The number of benzene rings is 2. The SMILES string of the molecule is COc1ccccc1OCC(=O)NCc1ccccc1CN1CCCCC1C. The van der Waals surface area contributed by atoms with E-state index < -0.39 is 0 Å². The van der Waals surface area contributed by atoms with Crippen LogP contribution in [0.15, 0.2) is 48.5 Å². The molecule has 1 heterocycles. The standard InChI is InChI=1S/C23H30N2O3/c1-18-9-7-8-14-25(18)16-20-11-4-3-10-19(20)15-24-23(26)17-28-22-13-6-5-12-21(22)27-2/h3-6,10-13,18H,7-9,14-17H2,1-2H3,(H,24,26). The zero-order chi connectivity index (χ0) is 19.8. The summed E-state index contributed by atoms with van der Waals surface area (Å²) in [6.07, 6.45) is 3.85. The number of methoxy groups -OCH3 is 1. The van der Waals surface area contributed by atoms with E-state index in [0.29, 0.717) is 24.1 Å². The molecule has 1 amide bonds. The number of hydrogen-bond donors (Lipinski definition) is 1. The number of rotatable bonds is 8. The Hall–Kier alpha value is -2.53. The van der Waals surface area contributed by atoms with E-state index in [2.05, 4.69) is 35.3 Å². The average Bonchev–Trinajstić information content (AvgIpc) is 2.73. The lowest BCUT2D eigenvalue weighted by atomic mass is 10.0. The van der Waals surface area contributed by atoms with Crippen molar-refractivity contribution in [2.75, 3.05) is 20.3 Å². The molecular formula is C23H30N2O3. The van der Waals surface area contributed by atoms with Gasteiger partial charge in [0.15, 0.2) is 18.1 Å². The van der Waals surface area contributed by atoms with Crippen LogP contribution in [0, 0.1) is 0 Å². The molecule has 0 radical (unpaired) electrons. The molecule has 1 N–H and O–H groups in total. The molecule has 28 heavy (non-hydrogen) atoms. The van der Waals surface area contributed by atoms with Crippen LogP contribution in [0.5, 0.6) is 11.5 Å². The van der Waals surface area contributed by atoms with Crippen LogP contribution in [0.4, 0.5) is 0 Å². The molecule has 2 aromatic rings. The van der Waals surface area contributed by atoms with Crippen molar-refractivity contribution >= 4 is 5.91 Å². The smallest absolute Gasteiger partial charge is 0.258 e. The van der Waals surface area contributed by atoms with Crippen molar-refractivity contribution in [2.45, 2.75) is 45.3 Å². The van der Waals surface area contributed by atoms with E-state index in [9.17, 15) is 4.79 Å². The minimum atomic E-state index is -0.146. The summed E-state index contributed by atoms with van der Waals surface area (Å²) in [5, 5.41) is 2.97. The van der Waals surface area contributed by atoms with Crippen molar-refractivity contribution in [1.82, 2.24) is 10.2 Å². The first-order chi connectivity index (χ1) is 13.7. The number of likely N-dealkylation sites (tertiary alicyclic amines) is 1. The zero-order valence-electron chi connectivity index (χ0n) is 16.8. The maximum atomic E-state index is 12.3. The second-order valence-corrected chi connectivity index (χ2v) is 7.30. The number of ether oxygens (including phenoxy) is 2. The van der Waals surface area contributed by atoms with Crippen LogP contribution >= 0.6 is 0 Å². The van der Waals surface area contributed by atoms with Crippen LogP contribution in [0.25, 0.3) is 0 Å². The van der Waals surface area contributed by atoms with Gasteiger partial charge in [-0.1, -0.05) is 42.8 Å². The highest BCUT2D eigenvalue weighted by Gasteiger charge is 2.19. The van der Waals surface area contributed by atoms with Crippen LogP contribution in [-0.4, -0.2) is 37.1 Å². The highest BCUT2D eigenvalue weighted by Crippen LogP contribution is 2.25. The largest absolute Gasteiger partial charge is 0.493 e. The molecule has 1 aliphatic heterocycles. The van der Waals surface area contributed by atoms with Gasteiger partial charge in [-0.2, -0.15) is 0 Å². The van der Waals surface area contributed by atoms with Crippen molar-refractivity contribution in [3.63, 3.8) is 0 Å². The van der Waals surface area contributed by atoms with Crippen LogP contribution in [0.3, 0.4) is 0 Å². The van der Waals surface area contributed by atoms with Gasteiger partial charge in [-0.25, -0.2) is 0 Å². The monoisotopic (exact) mass is 382 g/mol. The zero-order valence-corrected chi connectivity index (χ0v) is 16.8. The number of carbonyl (C=O) groups excluding carboxylic acids is 1. The molecule has 0 aliphatic carbocycles. The molecule has 3 rings (SSSR count). The number of para-hydroxylation sites is 2. The van der Waals surface area contributed by atoms with Crippen LogP contribution in [0.2, 0.25) is 0 Å². The second kappa shape index (κ2) is 10.1. The van der Waals surface area contributed by atoms with E-state index in [1.54, 1.807) is 13.2 Å². The lowest BCUT2D eigenvalue weighted by Crippen LogP contribution is -2.37. The highest BCUT2D eigenvalue weighted by molar-refractivity contribution is 5.77. The van der Waals surface area contributed by atoms with E-state index in [-0.39, 0.29) is 12.5 Å². The maximum absolute atomic E-state index is 12.3. The Morgan fingerprint density at radius 2 is 1.79 bits per heavy atom. The fraction of sp³-hybridized carbons (Fsp3) is 0.435. The number of carbonyl (C=O) groups is 1. The first-order valence-corrected chi connectivity index (χ1v) is 10.0. The third-order valence-electron chi connectivity index (χ3n) is 5.34. The van der Waals surface area contributed by atoms with Crippen molar-refractivity contribution in [3.05, 3.63) is 59.7 Å². The summed E-state index contributed by atoms with van der Waals surface area (Å²) in [6, 6.07) is 16.3. The van der Waals surface area contributed by atoms with Gasteiger partial charge in [-0.05, 0) is 49.6 Å². The van der Waals surface area contributed by atoms with Crippen molar-refractivity contribution in [2.24, 2.45) is 0 Å². The van der Waals surface area contributed by atoms with Crippen molar-refractivity contribution < 1.29 is 14.3 Å². The topological polar surface area (TPSA) is 50.8 Å². The third-order valence-corrected chi connectivity index (χ3v) is 5.34. The fourth-order valence-corrected chi connectivity index (χ4v) is 3.62. The van der Waals surface area contributed by atoms with Gasteiger partial charge in [-0.15, -0.1) is 0 Å².